The third-order valence-corrected chi connectivity index (χ3v) is 9.48. The summed E-state index contributed by atoms with van der Waals surface area (Å²) in [6.45, 7) is 0.935. The number of thiazole rings is 1. The number of carbonyl (C=O) groups excluding carboxylic acids is 1. The molecule has 16 heteroatoms. The normalized spacial score (nSPS) is 18.1. The molecule has 0 N–H and O–H groups in total. The summed E-state index contributed by atoms with van der Waals surface area (Å²) in [5.74, 6) is -0.175. The Morgan fingerprint density at radius 2 is 2.00 bits per heavy atom. The first-order valence-electron chi connectivity index (χ1n) is 12.7. The van der Waals surface area contributed by atoms with Gasteiger partial charge in [0.25, 0.3) is 0 Å². The van der Waals surface area contributed by atoms with Gasteiger partial charge in [-0.15, -0.1) is 11.3 Å². The van der Waals surface area contributed by atoms with E-state index in [0.29, 0.717) is 49.3 Å². The van der Waals surface area contributed by atoms with Crippen molar-refractivity contribution in [3.63, 3.8) is 0 Å². The van der Waals surface area contributed by atoms with Gasteiger partial charge in [0.2, 0.25) is 5.91 Å². The van der Waals surface area contributed by atoms with Crippen LogP contribution in [0.4, 0.5) is 13.2 Å². The number of nitrogens with zero attached hydrogens (tertiary/aromatic N) is 4. The van der Waals surface area contributed by atoms with E-state index in [0.717, 1.165) is 29.1 Å². The third kappa shape index (κ3) is 7.18. The summed E-state index contributed by atoms with van der Waals surface area (Å²) in [6.07, 6.45) is -1.32. The summed E-state index contributed by atoms with van der Waals surface area (Å²) in [5, 5.41) is 7.01. The highest BCUT2D eigenvalue weighted by Crippen LogP contribution is 2.41. The molecule has 4 heterocycles. The molecule has 1 amide bonds. The van der Waals surface area contributed by atoms with E-state index in [1.165, 1.54) is 29.7 Å². The van der Waals surface area contributed by atoms with Gasteiger partial charge >= 0.3 is 16.3 Å². The Hall–Kier alpha value is -2.88. The lowest BCUT2D eigenvalue weighted by molar-refractivity contribution is -0.140. The third-order valence-electron chi connectivity index (χ3n) is 6.67. The van der Waals surface area contributed by atoms with Crippen LogP contribution in [0.2, 0.25) is 5.02 Å². The largest absolute Gasteiger partial charge is 0.419 e. The maximum atomic E-state index is 13.2. The Kier molecular flexibility index (Phi) is 9.02. The second-order valence-electron chi connectivity index (χ2n) is 9.64. The second-order valence-corrected chi connectivity index (χ2v) is 13.5. The van der Waals surface area contributed by atoms with E-state index in [1.54, 1.807) is 17.0 Å². The van der Waals surface area contributed by atoms with E-state index in [-0.39, 0.29) is 33.4 Å². The number of hydrogen-bond donors (Lipinski definition) is 0. The fourth-order valence-corrected chi connectivity index (χ4v) is 7.35. The summed E-state index contributed by atoms with van der Waals surface area (Å²) in [5.41, 5.74) is 0.761. The molecule has 9 nitrogen and oxygen atoms in total. The predicted molar refractivity (Wildman–Crippen MR) is 153 cm³/mol. The number of alkyl halides is 3. The van der Waals surface area contributed by atoms with Crippen LogP contribution in [0.3, 0.4) is 0 Å². The van der Waals surface area contributed by atoms with Gasteiger partial charge in [0, 0.05) is 37.0 Å². The van der Waals surface area contributed by atoms with Gasteiger partial charge in [0.15, 0.2) is 11.9 Å². The molecule has 1 fully saturated rings. The zero-order chi connectivity index (χ0) is 30.1. The highest BCUT2D eigenvalue weighted by molar-refractivity contribution is 7.99. The smallest absolute Gasteiger partial charge is 0.387 e. The van der Waals surface area contributed by atoms with Crippen molar-refractivity contribution >= 4 is 56.4 Å². The number of thioether (sulfide) groups is 1. The zero-order valence-corrected chi connectivity index (χ0v) is 25.2. The fraction of sp³-hybridized carbons (Fsp3) is 0.385. The number of hydrogen-bond acceptors (Lipinski definition) is 10. The van der Waals surface area contributed by atoms with E-state index in [9.17, 15) is 26.4 Å². The van der Waals surface area contributed by atoms with Crippen molar-refractivity contribution in [1.82, 2.24) is 14.9 Å². The molecule has 0 bridgehead atoms. The maximum absolute atomic E-state index is 13.2. The lowest BCUT2D eigenvalue weighted by Crippen LogP contribution is -2.39. The summed E-state index contributed by atoms with van der Waals surface area (Å²) in [7, 11) is -3.79. The van der Waals surface area contributed by atoms with Crippen LogP contribution in [-0.2, 0) is 25.9 Å². The summed E-state index contributed by atoms with van der Waals surface area (Å²) >= 11 is 8.62. The molecule has 224 valence electrons. The maximum Gasteiger partial charge on any atom is 0.419 e. The number of likely N-dealkylation sites (tertiary alicyclic amines) is 1. The number of oxime groups is 1. The Morgan fingerprint density at radius 1 is 1.24 bits per heavy atom. The highest BCUT2D eigenvalue weighted by Gasteiger charge is 2.35. The molecule has 2 aromatic heterocycles. The van der Waals surface area contributed by atoms with Gasteiger partial charge in [-0.05, 0) is 37.1 Å². The van der Waals surface area contributed by atoms with Crippen LogP contribution < -0.4 is 4.18 Å². The molecule has 2 aliphatic heterocycles. The summed E-state index contributed by atoms with van der Waals surface area (Å²) in [6, 6.07) is 6.87. The molecule has 1 aromatic carbocycles. The minimum Gasteiger partial charge on any atom is -0.387 e. The molecule has 0 spiro atoms. The van der Waals surface area contributed by atoms with Crippen LogP contribution in [0, 0.1) is 0 Å². The second kappa shape index (κ2) is 12.4. The van der Waals surface area contributed by atoms with E-state index in [4.69, 9.17) is 25.6 Å². The van der Waals surface area contributed by atoms with Crippen LogP contribution >= 0.6 is 34.7 Å². The van der Waals surface area contributed by atoms with Crippen molar-refractivity contribution in [3.05, 3.63) is 68.8 Å². The zero-order valence-electron chi connectivity index (χ0n) is 22.0. The van der Waals surface area contributed by atoms with Gasteiger partial charge in [-0.25, -0.2) is 9.97 Å². The first kappa shape index (κ1) is 30.6. The van der Waals surface area contributed by atoms with E-state index in [1.807, 2.05) is 5.38 Å². The minimum atomic E-state index is -4.54. The number of rotatable bonds is 8. The number of aromatic nitrogens is 2. The van der Waals surface area contributed by atoms with Crippen LogP contribution in [0.15, 0.2) is 52.1 Å². The minimum absolute atomic E-state index is 0.0750. The standard InChI is InChI=1S/C26H24ClF3N4O5S3/c1-42(36,37)39-20-6-2-5-17(27)23(20)21-12-18(33-38-21)19-13-40-24(32-19)15-7-10-34(11-8-15)22(35)14-41-25-16(26(28,29)30)4-3-9-31-25/h2-6,9,13,15,21H,7-8,10-12,14H2,1H3. The average Bonchev–Trinajstić information content (AvgIpc) is 3.61. The van der Waals surface area contributed by atoms with Crippen LogP contribution in [0.5, 0.6) is 5.75 Å². The van der Waals surface area contributed by atoms with Gasteiger partial charge in [-0.1, -0.05) is 34.6 Å². The molecule has 5 rings (SSSR count). The molecular formula is C26H24ClF3N4O5S3. The molecule has 3 aromatic rings. The first-order chi connectivity index (χ1) is 19.9. The summed E-state index contributed by atoms with van der Waals surface area (Å²) < 4.78 is 68.2. The van der Waals surface area contributed by atoms with Gasteiger partial charge in [0.1, 0.15) is 10.7 Å². The lowest BCUT2D eigenvalue weighted by atomic mass is 9.97. The number of piperidine rings is 1. The molecule has 1 saturated heterocycles. The Labute approximate surface area is 253 Å². The Morgan fingerprint density at radius 3 is 2.71 bits per heavy atom. The van der Waals surface area contributed by atoms with Gasteiger partial charge in [0.05, 0.1) is 38.9 Å². The molecule has 1 unspecified atom stereocenters. The molecule has 42 heavy (non-hydrogen) atoms. The van der Waals surface area contributed by atoms with E-state index < -0.39 is 28.0 Å². The van der Waals surface area contributed by atoms with Gasteiger partial charge in [-0.2, -0.15) is 21.6 Å². The topological polar surface area (TPSA) is 111 Å². The van der Waals surface area contributed by atoms with Gasteiger partial charge in [-0.3, -0.25) is 4.79 Å². The van der Waals surface area contributed by atoms with Crippen molar-refractivity contribution < 1.29 is 35.4 Å². The summed E-state index contributed by atoms with van der Waals surface area (Å²) in [4.78, 5) is 28.5. The number of carbonyl (C=O) groups is 1. The van der Waals surface area contributed by atoms with Gasteiger partial charge < -0.3 is 13.9 Å². The Balaban J connectivity index is 1.16. The van der Waals surface area contributed by atoms with Crippen LogP contribution in [0.25, 0.3) is 0 Å². The monoisotopic (exact) mass is 660 g/mol. The van der Waals surface area contributed by atoms with Crippen LogP contribution in [-0.4, -0.2) is 60.0 Å². The number of halogens is 4. The van der Waals surface area contributed by atoms with Crippen LogP contribution in [0.1, 0.15) is 53.1 Å². The van der Waals surface area contributed by atoms with Crippen molar-refractivity contribution in [2.45, 2.75) is 42.5 Å². The predicted octanol–water partition coefficient (Wildman–Crippen LogP) is 5.91. The van der Waals surface area contributed by atoms with Crippen molar-refractivity contribution in [1.29, 1.82) is 0 Å². The molecule has 2 aliphatic rings. The fourth-order valence-electron chi connectivity index (χ4n) is 4.68. The quantitative estimate of drug-likeness (QED) is 0.217. The molecular weight excluding hydrogens is 637 g/mol. The molecule has 0 saturated carbocycles. The molecule has 0 radical (unpaired) electrons. The SMILES string of the molecule is CS(=O)(=O)Oc1cccc(Cl)c1C1CC(c2csc(C3CCN(C(=O)CSc4ncccc4C(F)(F)F)CC3)n2)=NO1. The van der Waals surface area contributed by atoms with Crippen molar-refractivity contribution in [2.75, 3.05) is 25.1 Å². The number of benzene rings is 1. The first-order valence-corrected chi connectivity index (χ1v) is 16.7. The van der Waals surface area contributed by atoms with E-state index >= 15 is 0 Å². The lowest BCUT2D eigenvalue weighted by Gasteiger charge is -2.31. The number of amides is 1. The number of pyridine rings is 1. The van der Waals surface area contributed by atoms with Crippen molar-refractivity contribution in [2.24, 2.45) is 5.16 Å². The molecule has 1 atom stereocenters. The van der Waals surface area contributed by atoms with E-state index in [2.05, 4.69) is 10.1 Å². The Bertz CT molecular complexity index is 1610. The average molecular weight is 661 g/mol. The van der Waals surface area contributed by atoms with Crippen molar-refractivity contribution in [3.8, 4) is 5.75 Å². The highest BCUT2D eigenvalue weighted by atomic mass is 35.5. The molecule has 0 aliphatic carbocycles.